The van der Waals surface area contributed by atoms with Crippen LogP contribution in [0.1, 0.15) is 39.9 Å². The van der Waals surface area contributed by atoms with Crippen LogP contribution in [-0.4, -0.2) is 35.0 Å². The molecule has 0 aliphatic rings. The third kappa shape index (κ3) is 4.63. The largest absolute Gasteiger partial charge is 0.493 e. The van der Waals surface area contributed by atoms with Crippen LogP contribution in [0.15, 0.2) is 48.8 Å². The van der Waals surface area contributed by atoms with E-state index in [9.17, 15) is 9.59 Å². The third-order valence-electron chi connectivity index (χ3n) is 4.37. The van der Waals surface area contributed by atoms with Crippen molar-refractivity contribution < 1.29 is 19.1 Å². The number of nitrogens with zero attached hydrogens (tertiary/aromatic N) is 2. The van der Waals surface area contributed by atoms with Crippen molar-refractivity contribution in [3.05, 3.63) is 70.8 Å². The van der Waals surface area contributed by atoms with Crippen molar-refractivity contribution in [1.29, 1.82) is 0 Å². The van der Waals surface area contributed by atoms with Gasteiger partial charge in [-0.2, -0.15) is 0 Å². The molecule has 0 saturated carbocycles. The number of hydrogen-bond acceptors (Lipinski definition) is 5. The summed E-state index contributed by atoms with van der Waals surface area (Å²) in [5.74, 6) is 0.589. The average molecular weight is 428 g/mol. The Morgan fingerprint density at radius 1 is 1.17 bits per heavy atom. The third-order valence-corrected chi connectivity index (χ3v) is 4.65. The van der Waals surface area contributed by atoms with E-state index < -0.39 is 0 Å². The topological polar surface area (TPSA) is 82.5 Å². The number of aryl methyl sites for hydroxylation is 1. The van der Waals surface area contributed by atoms with Gasteiger partial charge in [0.25, 0.3) is 5.91 Å². The van der Waals surface area contributed by atoms with Crippen LogP contribution in [-0.2, 0) is 7.05 Å². The molecule has 0 bridgehead atoms. The minimum atomic E-state index is -0.361. The maximum absolute atomic E-state index is 12.7. The molecule has 0 atom stereocenters. The fourth-order valence-corrected chi connectivity index (χ4v) is 3.08. The van der Waals surface area contributed by atoms with Crippen molar-refractivity contribution >= 4 is 29.0 Å². The van der Waals surface area contributed by atoms with Gasteiger partial charge in [0.1, 0.15) is 0 Å². The first kappa shape index (κ1) is 21.4. The molecule has 0 saturated heterocycles. The highest BCUT2D eigenvalue weighted by Crippen LogP contribution is 2.36. The number of nitrogens with one attached hydrogen (secondary N) is 1. The molecule has 0 fully saturated rings. The molecular weight excluding hydrogens is 406 g/mol. The molecule has 0 unspecified atom stereocenters. The number of methoxy groups -OCH3 is 1. The van der Waals surface area contributed by atoms with E-state index in [1.165, 1.54) is 13.2 Å². The quantitative estimate of drug-likeness (QED) is 0.540. The molecule has 1 amide bonds. The van der Waals surface area contributed by atoms with Crippen LogP contribution in [0.25, 0.3) is 0 Å². The molecule has 3 aromatic rings. The fraction of sp³-hybridized carbons (Fsp3) is 0.227. The van der Waals surface area contributed by atoms with Crippen LogP contribution in [0.5, 0.6) is 11.5 Å². The number of carbonyl (C=O) groups excluding carboxylic acids is 2. The van der Waals surface area contributed by atoms with Gasteiger partial charge in [0.15, 0.2) is 17.3 Å². The van der Waals surface area contributed by atoms with E-state index in [1.807, 2.05) is 6.92 Å². The Bertz CT molecular complexity index is 1060. The van der Waals surface area contributed by atoms with Gasteiger partial charge in [-0.05, 0) is 42.8 Å². The predicted molar refractivity (Wildman–Crippen MR) is 115 cm³/mol. The number of carbonyl (C=O) groups is 2. The minimum Gasteiger partial charge on any atom is -0.493 e. The molecule has 1 N–H and O–H groups in total. The monoisotopic (exact) mass is 427 g/mol. The molecule has 1 heterocycles. The lowest BCUT2D eigenvalue weighted by Gasteiger charge is -2.14. The van der Waals surface area contributed by atoms with Crippen molar-refractivity contribution in [2.24, 2.45) is 7.05 Å². The van der Waals surface area contributed by atoms with E-state index in [0.717, 1.165) is 6.42 Å². The normalized spacial score (nSPS) is 10.5. The van der Waals surface area contributed by atoms with Crippen molar-refractivity contribution in [2.45, 2.75) is 13.3 Å². The standard InChI is InChI=1S/C22H22ClN3O4/c1-4-11-30-20-17(23)12-15(13-18(20)29-3)22(28)25-16-7-5-14(6-8-16)19(27)21-24-9-10-26(21)2/h5-10,12-13H,4,11H2,1-3H3,(H,25,28). The first-order valence-electron chi connectivity index (χ1n) is 9.38. The van der Waals surface area contributed by atoms with Crippen LogP contribution in [0, 0.1) is 0 Å². The highest BCUT2D eigenvalue weighted by atomic mass is 35.5. The number of ketones is 1. The van der Waals surface area contributed by atoms with Gasteiger partial charge in [-0.25, -0.2) is 4.98 Å². The number of benzene rings is 2. The maximum atomic E-state index is 12.7. The Labute approximate surface area is 179 Å². The SMILES string of the molecule is CCCOc1c(Cl)cc(C(=O)Nc2ccc(C(=O)c3nccn3C)cc2)cc1OC. The summed E-state index contributed by atoms with van der Waals surface area (Å²) in [5.41, 5.74) is 1.34. The molecule has 0 aliphatic heterocycles. The fourth-order valence-electron chi connectivity index (χ4n) is 2.82. The molecule has 30 heavy (non-hydrogen) atoms. The smallest absolute Gasteiger partial charge is 0.255 e. The molecule has 7 nitrogen and oxygen atoms in total. The number of aromatic nitrogens is 2. The Hall–Kier alpha value is -3.32. The maximum Gasteiger partial charge on any atom is 0.255 e. The lowest BCUT2D eigenvalue weighted by Crippen LogP contribution is -2.13. The van der Waals surface area contributed by atoms with Crippen molar-refractivity contribution in [3.63, 3.8) is 0 Å². The number of hydrogen-bond donors (Lipinski definition) is 1. The summed E-state index contributed by atoms with van der Waals surface area (Å²) in [6.07, 6.45) is 4.10. The van der Waals surface area contributed by atoms with Crippen LogP contribution in [0.2, 0.25) is 5.02 Å². The molecule has 156 valence electrons. The summed E-state index contributed by atoms with van der Waals surface area (Å²) in [7, 11) is 3.25. The van der Waals surface area contributed by atoms with Gasteiger partial charge in [-0.15, -0.1) is 0 Å². The van der Waals surface area contributed by atoms with Crippen LogP contribution >= 0.6 is 11.6 Å². The first-order chi connectivity index (χ1) is 14.4. The zero-order valence-corrected chi connectivity index (χ0v) is 17.7. The molecule has 3 rings (SSSR count). The Balaban J connectivity index is 1.75. The van der Waals surface area contributed by atoms with E-state index in [-0.39, 0.29) is 11.7 Å². The number of rotatable bonds is 8. The van der Waals surface area contributed by atoms with E-state index >= 15 is 0 Å². The Kier molecular flexibility index (Phi) is 6.74. The number of halogens is 1. The second kappa shape index (κ2) is 9.45. The van der Waals surface area contributed by atoms with Crippen molar-refractivity contribution in [1.82, 2.24) is 9.55 Å². The number of ether oxygens (including phenoxy) is 2. The van der Waals surface area contributed by atoms with Gasteiger partial charge in [-0.3, -0.25) is 9.59 Å². The zero-order valence-electron chi connectivity index (χ0n) is 16.9. The van der Waals surface area contributed by atoms with Gasteiger partial charge in [0, 0.05) is 36.3 Å². The Morgan fingerprint density at radius 2 is 1.90 bits per heavy atom. The molecule has 8 heteroatoms. The van der Waals surface area contributed by atoms with Crippen molar-refractivity contribution in [2.75, 3.05) is 19.0 Å². The first-order valence-corrected chi connectivity index (χ1v) is 9.76. The average Bonchev–Trinajstić information content (AvgIpc) is 3.18. The highest BCUT2D eigenvalue weighted by molar-refractivity contribution is 6.32. The van der Waals surface area contributed by atoms with E-state index in [1.54, 1.807) is 54.3 Å². The molecular formula is C22H22ClN3O4. The molecule has 2 aromatic carbocycles. The second-order valence-electron chi connectivity index (χ2n) is 6.56. The predicted octanol–water partition coefficient (Wildman–Crippen LogP) is 4.35. The summed E-state index contributed by atoms with van der Waals surface area (Å²) in [5, 5.41) is 3.08. The van der Waals surface area contributed by atoms with Gasteiger partial charge in [0.05, 0.1) is 18.7 Å². The zero-order chi connectivity index (χ0) is 21.7. The molecule has 0 spiro atoms. The van der Waals surface area contributed by atoms with Gasteiger partial charge >= 0.3 is 0 Å². The summed E-state index contributed by atoms with van der Waals surface area (Å²) in [4.78, 5) is 29.2. The van der Waals surface area contributed by atoms with Crippen LogP contribution < -0.4 is 14.8 Å². The van der Waals surface area contributed by atoms with E-state index in [0.29, 0.717) is 45.8 Å². The minimum absolute atomic E-state index is 0.195. The van der Waals surface area contributed by atoms with Crippen molar-refractivity contribution in [3.8, 4) is 11.5 Å². The van der Waals surface area contributed by atoms with E-state index in [4.69, 9.17) is 21.1 Å². The van der Waals surface area contributed by atoms with Gasteiger partial charge < -0.3 is 19.4 Å². The molecule has 0 aliphatic carbocycles. The van der Waals surface area contributed by atoms with Gasteiger partial charge in [0.2, 0.25) is 5.78 Å². The lowest BCUT2D eigenvalue weighted by atomic mass is 10.1. The lowest BCUT2D eigenvalue weighted by molar-refractivity contribution is 0.102. The summed E-state index contributed by atoms with van der Waals surface area (Å²) < 4.78 is 12.6. The Morgan fingerprint density at radius 3 is 2.50 bits per heavy atom. The summed E-state index contributed by atoms with van der Waals surface area (Å²) in [6, 6.07) is 9.70. The van der Waals surface area contributed by atoms with Crippen LogP contribution in [0.4, 0.5) is 5.69 Å². The number of amides is 1. The molecule has 1 aromatic heterocycles. The second-order valence-corrected chi connectivity index (χ2v) is 6.97. The summed E-state index contributed by atoms with van der Waals surface area (Å²) in [6.45, 7) is 2.47. The number of anilines is 1. The van der Waals surface area contributed by atoms with Crippen LogP contribution in [0.3, 0.4) is 0 Å². The number of imidazole rings is 1. The van der Waals surface area contributed by atoms with E-state index in [2.05, 4.69) is 10.3 Å². The highest BCUT2D eigenvalue weighted by Gasteiger charge is 2.17. The summed E-state index contributed by atoms with van der Waals surface area (Å²) >= 11 is 6.28. The molecule has 0 radical (unpaired) electrons. The van der Waals surface area contributed by atoms with Gasteiger partial charge in [-0.1, -0.05) is 18.5 Å².